The first kappa shape index (κ1) is 20.5. The highest BCUT2D eigenvalue weighted by Crippen LogP contribution is 2.28. The molecule has 0 atom stereocenters. The molecule has 2 rings (SSSR count). The van der Waals surface area contributed by atoms with Crippen molar-refractivity contribution in [3.8, 4) is 17.6 Å². The van der Waals surface area contributed by atoms with Gasteiger partial charge in [0, 0.05) is 24.4 Å². The zero-order chi connectivity index (χ0) is 20.5. The predicted octanol–water partition coefficient (Wildman–Crippen LogP) is 2.92. The molecule has 144 valence electrons. The minimum atomic E-state index is -0.332. The molecule has 7 nitrogen and oxygen atoms in total. The molecule has 0 heterocycles. The van der Waals surface area contributed by atoms with Gasteiger partial charge >= 0.3 is 0 Å². The SMILES string of the molecule is CNC(=O)c1ccc(C)c(NC(=O)/C=C/c2ccc(OCC#N)c(OC)c2)c1. The predicted molar refractivity (Wildman–Crippen MR) is 106 cm³/mol. The summed E-state index contributed by atoms with van der Waals surface area (Å²) in [5, 5.41) is 13.9. The van der Waals surface area contributed by atoms with Gasteiger partial charge < -0.3 is 20.1 Å². The van der Waals surface area contributed by atoms with Crippen LogP contribution in [-0.2, 0) is 4.79 Å². The van der Waals surface area contributed by atoms with E-state index in [-0.39, 0.29) is 18.4 Å². The molecule has 2 aromatic carbocycles. The lowest BCUT2D eigenvalue weighted by molar-refractivity contribution is -0.111. The summed E-state index contributed by atoms with van der Waals surface area (Å²) >= 11 is 0. The third-order valence-corrected chi connectivity index (χ3v) is 3.89. The van der Waals surface area contributed by atoms with Crippen LogP contribution in [0.2, 0.25) is 0 Å². The Hall–Kier alpha value is -3.79. The quantitative estimate of drug-likeness (QED) is 0.721. The maximum atomic E-state index is 12.3. The van der Waals surface area contributed by atoms with Gasteiger partial charge in [-0.15, -0.1) is 0 Å². The highest BCUT2D eigenvalue weighted by atomic mass is 16.5. The number of carbonyl (C=O) groups excluding carboxylic acids is 2. The molecule has 0 aromatic heterocycles. The lowest BCUT2D eigenvalue weighted by Gasteiger charge is -2.09. The van der Waals surface area contributed by atoms with Crippen LogP contribution in [0.15, 0.2) is 42.5 Å². The van der Waals surface area contributed by atoms with E-state index in [9.17, 15) is 9.59 Å². The summed E-state index contributed by atoms with van der Waals surface area (Å²) < 4.78 is 10.5. The summed E-state index contributed by atoms with van der Waals surface area (Å²) in [6.07, 6.45) is 3.01. The lowest BCUT2D eigenvalue weighted by Crippen LogP contribution is -2.18. The molecule has 0 aliphatic carbocycles. The van der Waals surface area contributed by atoms with E-state index >= 15 is 0 Å². The van der Waals surface area contributed by atoms with Gasteiger partial charge in [0.1, 0.15) is 6.07 Å². The molecular weight excluding hydrogens is 358 g/mol. The number of rotatable bonds is 7. The molecule has 0 spiro atoms. The van der Waals surface area contributed by atoms with Gasteiger partial charge in [-0.25, -0.2) is 0 Å². The van der Waals surface area contributed by atoms with Gasteiger partial charge in [0.15, 0.2) is 18.1 Å². The average molecular weight is 379 g/mol. The summed E-state index contributed by atoms with van der Waals surface area (Å²) in [6, 6.07) is 12.1. The fourth-order valence-corrected chi connectivity index (χ4v) is 2.41. The summed E-state index contributed by atoms with van der Waals surface area (Å²) in [7, 11) is 3.05. The van der Waals surface area contributed by atoms with Crippen LogP contribution in [0.1, 0.15) is 21.5 Å². The van der Waals surface area contributed by atoms with E-state index in [0.717, 1.165) is 11.1 Å². The molecule has 2 amide bonds. The molecule has 0 bridgehead atoms. The Morgan fingerprint density at radius 3 is 2.64 bits per heavy atom. The van der Waals surface area contributed by atoms with Crippen molar-refractivity contribution in [2.45, 2.75) is 6.92 Å². The van der Waals surface area contributed by atoms with Gasteiger partial charge in [-0.05, 0) is 48.4 Å². The van der Waals surface area contributed by atoms with Gasteiger partial charge in [-0.3, -0.25) is 9.59 Å². The maximum absolute atomic E-state index is 12.3. The van der Waals surface area contributed by atoms with Crippen molar-refractivity contribution in [2.24, 2.45) is 0 Å². The topological polar surface area (TPSA) is 100 Å². The van der Waals surface area contributed by atoms with Crippen molar-refractivity contribution in [2.75, 3.05) is 26.1 Å². The molecule has 0 aliphatic heterocycles. The first-order chi connectivity index (χ1) is 13.5. The standard InChI is InChI=1S/C21H21N3O4/c1-14-4-7-16(21(26)23-2)13-17(14)24-20(25)9-6-15-5-8-18(28-11-10-22)19(12-15)27-3/h4-9,12-13H,11H2,1-3H3,(H,23,26)(H,24,25)/b9-6+. The second kappa shape index (κ2) is 9.78. The molecule has 0 aliphatic rings. The van der Waals surface area contributed by atoms with Gasteiger partial charge in [0.25, 0.3) is 5.91 Å². The number of hydrogen-bond acceptors (Lipinski definition) is 5. The van der Waals surface area contributed by atoms with E-state index in [1.807, 2.05) is 13.0 Å². The molecule has 2 N–H and O–H groups in total. The number of ether oxygens (including phenoxy) is 2. The number of amides is 2. The van der Waals surface area contributed by atoms with Crippen LogP contribution in [0.5, 0.6) is 11.5 Å². The molecule has 2 aromatic rings. The van der Waals surface area contributed by atoms with Crippen molar-refractivity contribution < 1.29 is 19.1 Å². The number of nitriles is 1. The lowest BCUT2D eigenvalue weighted by atomic mass is 10.1. The summed E-state index contributed by atoms with van der Waals surface area (Å²) in [5.41, 5.74) is 2.60. The number of carbonyl (C=O) groups is 2. The number of methoxy groups -OCH3 is 1. The molecule has 0 radical (unpaired) electrons. The van der Waals surface area contributed by atoms with Crippen LogP contribution >= 0.6 is 0 Å². The summed E-state index contributed by atoms with van der Waals surface area (Å²) in [5.74, 6) is 0.358. The van der Waals surface area contributed by atoms with Gasteiger partial charge in [-0.1, -0.05) is 12.1 Å². The number of aryl methyl sites for hydroxylation is 1. The van der Waals surface area contributed by atoms with Crippen molar-refractivity contribution in [1.82, 2.24) is 5.32 Å². The Morgan fingerprint density at radius 2 is 1.96 bits per heavy atom. The van der Waals surface area contributed by atoms with E-state index in [1.165, 1.54) is 13.2 Å². The van der Waals surface area contributed by atoms with E-state index in [4.69, 9.17) is 14.7 Å². The molecule has 7 heteroatoms. The highest BCUT2D eigenvalue weighted by molar-refractivity contribution is 6.03. The van der Waals surface area contributed by atoms with Crippen LogP contribution in [0.4, 0.5) is 5.69 Å². The summed E-state index contributed by atoms with van der Waals surface area (Å²) in [4.78, 5) is 24.0. The number of hydrogen-bond donors (Lipinski definition) is 2. The van der Waals surface area contributed by atoms with Crippen LogP contribution in [0.25, 0.3) is 6.08 Å². The normalized spacial score (nSPS) is 10.2. The Bertz CT molecular complexity index is 945. The number of nitrogens with one attached hydrogen (secondary N) is 2. The number of anilines is 1. The average Bonchev–Trinajstić information content (AvgIpc) is 2.71. The number of benzene rings is 2. The fraction of sp³-hybridized carbons (Fsp3) is 0.190. The molecule has 0 unspecified atom stereocenters. The van der Waals surface area contributed by atoms with Crippen molar-refractivity contribution in [3.05, 3.63) is 59.2 Å². The van der Waals surface area contributed by atoms with Crippen LogP contribution in [0, 0.1) is 18.3 Å². The van der Waals surface area contributed by atoms with E-state index in [0.29, 0.717) is 22.7 Å². The van der Waals surface area contributed by atoms with Crippen molar-refractivity contribution in [1.29, 1.82) is 5.26 Å². The highest BCUT2D eigenvalue weighted by Gasteiger charge is 2.08. The van der Waals surface area contributed by atoms with Gasteiger partial charge in [-0.2, -0.15) is 5.26 Å². The van der Waals surface area contributed by atoms with Crippen molar-refractivity contribution >= 4 is 23.6 Å². The van der Waals surface area contributed by atoms with E-state index in [2.05, 4.69) is 10.6 Å². The van der Waals surface area contributed by atoms with Gasteiger partial charge in [0.05, 0.1) is 7.11 Å². The second-order valence-electron chi connectivity index (χ2n) is 5.79. The van der Waals surface area contributed by atoms with Crippen molar-refractivity contribution in [3.63, 3.8) is 0 Å². The van der Waals surface area contributed by atoms with Crippen LogP contribution < -0.4 is 20.1 Å². The zero-order valence-corrected chi connectivity index (χ0v) is 15.9. The molecule has 0 saturated carbocycles. The first-order valence-corrected chi connectivity index (χ1v) is 8.48. The summed E-state index contributed by atoms with van der Waals surface area (Å²) in [6.45, 7) is 1.76. The van der Waals surface area contributed by atoms with E-state index in [1.54, 1.807) is 49.5 Å². The third-order valence-electron chi connectivity index (χ3n) is 3.89. The van der Waals surface area contributed by atoms with Gasteiger partial charge in [0.2, 0.25) is 5.91 Å². The minimum Gasteiger partial charge on any atom is -0.493 e. The largest absolute Gasteiger partial charge is 0.493 e. The fourth-order valence-electron chi connectivity index (χ4n) is 2.41. The Morgan fingerprint density at radius 1 is 1.18 bits per heavy atom. The second-order valence-corrected chi connectivity index (χ2v) is 5.79. The molecular formula is C21H21N3O4. The van der Waals surface area contributed by atoms with Crippen LogP contribution in [0.3, 0.4) is 0 Å². The molecule has 0 saturated heterocycles. The maximum Gasteiger partial charge on any atom is 0.251 e. The van der Waals surface area contributed by atoms with E-state index < -0.39 is 0 Å². The monoisotopic (exact) mass is 379 g/mol. The Labute approximate surface area is 163 Å². The Balaban J connectivity index is 2.12. The molecule has 28 heavy (non-hydrogen) atoms. The number of nitrogens with zero attached hydrogens (tertiary/aromatic N) is 1. The minimum absolute atomic E-state index is 0.0809. The third kappa shape index (κ3) is 5.35. The smallest absolute Gasteiger partial charge is 0.251 e. The molecule has 0 fully saturated rings. The Kier molecular flexibility index (Phi) is 7.17. The first-order valence-electron chi connectivity index (χ1n) is 8.48. The zero-order valence-electron chi connectivity index (χ0n) is 15.9. The van der Waals surface area contributed by atoms with Crippen LogP contribution in [-0.4, -0.2) is 32.6 Å².